The van der Waals surface area contributed by atoms with Crippen LogP contribution in [-0.4, -0.2) is 42.3 Å². The summed E-state index contributed by atoms with van der Waals surface area (Å²) >= 11 is 0. The molecule has 0 amide bonds. The number of carboxylic acids is 1. The van der Waals surface area contributed by atoms with Crippen LogP contribution in [0.5, 0.6) is 0 Å². The van der Waals surface area contributed by atoms with Crippen LogP contribution in [0.3, 0.4) is 0 Å². The quantitative estimate of drug-likeness (QED) is 0.613. The van der Waals surface area contributed by atoms with Gasteiger partial charge in [-0.1, -0.05) is 0 Å². The molecule has 1 N–H and O–H groups in total. The minimum Gasteiger partial charge on any atom is -0.478 e. The Morgan fingerprint density at radius 3 is 2.62 bits per heavy atom. The van der Waals surface area contributed by atoms with Gasteiger partial charge in [0.05, 0.1) is 17.6 Å². The number of nitrogens with zero attached hydrogens (tertiary/aromatic N) is 2. The van der Waals surface area contributed by atoms with E-state index in [1.807, 2.05) is 13.8 Å². The molecule has 0 fully saturated rings. The van der Waals surface area contributed by atoms with Gasteiger partial charge in [-0.25, -0.2) is 9.18 Å². The number of carbonyl (C=O) groups is 1. The van der Waals surface area contributed by atoms with Gasteiger partial charge in [-0.05, 0) is 13.8 Å². The second kappa shape index (κ2) is 6.98. The van der Waals surface area contributed by atoms with Gasteiger partial charge in [-0.15, -0.1) is 0 Å². The maximum atomic E-state index is 13.7. The molecule has 7 nitrogen and oxygen atoms in total. The number of ether oxygens (including phenoxy) is 1. The molecule has 0 aliphatic rings. The first kappa shape index (κ1) is 16.8. The summed E-state index contributed by atoms with van der Waals surface area (Å²) in [6.45, 7) is 4.33. The number of anilines is 1. The second-order valence-corrected chi connectivity index (χ2v) is 4.72. The maximum Gasteiger partial charge on any atom is 0.338 e. The van der Waals surface area contributed by atoms with E-state index in [2.05, 4.69) is 0 Å². The first-order chi connectivity index (χ1) is 9.73. The van der Waals surface area contributed by atoms with Crippen LogP contribution in [0.15, 0.2) is 12.1 Å². The lowest BCUT2D eigenvalue weighted by atomic mass is 10.1. The van der Waals surface area contributed by atoms with Crippen LogP contribution in [0.4, 0.5) is 15.8 Å². The zero-order valence-corrected chi connectivity index (χ0v) is 12.0. The van der Waals surface area contributed by atoms with E-state index in [0.717, 1.165) is 12.1 Å². The topological polar surface area (TPSA) is 92.9 Å². The molecule has 0 aliphatic heterocycles. The van der Waals surface area contributed by atoms with Crippen molar-refractivity contribution in [3.05, 3.63) is 33.6 Å². The Kier molecular flexibility index (Phi) is 5.60. The summed E-state index contributed by atoms with van der Waals surface area (Å²) in [5.41, 5.74) is -1.17. The summed E-state index contributed by atoms with van der Waals surface area (Å²) < 4.78 is 19.0. The number of halogens is 1. The van der Waals surface area contributed by atoms with Crippen LogP contribution in [0.1, 0.15) is 24.2 Å². The van der Waals surface area contributed by atoms with Crippen molar-refractivity contribution in [1.29, 1.82) is 0 Å². The molecule has 21 heavy (non-hydrogen) atoms. The highest BCUT2D eigenvalue weighted by Crippen LogP contribution is 2.30. The molecule has 1 aromatic carbocycles. The van der Waals surface area contributed by atoms with Crippen LogP contribution in [-0.2, 0) is 4.74 Å². The molecule has 0 atom stereocenters. The third kappa shape index (κ3) is 4.38. The van der Waals surface area contributed by atoms with Gasteiger partial charge in [-0.2, -0.15) is 0 Å². The van der Waals surface area contributed by atoms with Crippen LogP contribution in [0.2, 0.25) is 0 Å². The lowest BCUT2D eigenvalue weighted by Crippen LogP contribution is -2.25. The Hall–Kier alpha value is -2.22. The monoisotopic (exact) mass is 300 g/mol. The molecule has 1 rings (SSSR count). The molecular formula is C13H17FN2O5. The number of benzene rings is 1. The van der Waals surface area contributed by atoms with Gasteiger partial charge in [0.1, 0.15) is 17.1 Å². The fourth-order valence-electron chi connectivity index (χ4n) is 1.71. The summed E-state index contributed by atoms with van der Waals surface area (Å²) in [6, 6.07) is 1.59. The molecule has 0 aliphatic carbocycles. The summed E-state index contributed by atoms with van der Waals surface area (Å²) in [6.07, 6.45) is 0.0134. The summed E-state index contributed by atoms with van der Waals surface area (Å²) in [5.74, 6) is -2.56. The lowest BCUT2D eigenvalue weighted by Gasteiger charge is -2.20. The highest BCUT2D eigenvalue weighted by molar-refractivity contribution is 5.90. The molecule has 0 saturated carbocycles. The Morgan fingerprint density at radius 2 is 2.14 bits per heavy atom. The van der Waals surface area contributed by atoms with Gasteiger partial charge in [-0.3, -0.25) is 10.1 Å². The molecule has 116 valence electrons. The van der Waals surface area contributed by atoms with E-state index in [1.54, 1.807) is 7.05 Å². The minimum atomic E-state index is -1.55. The molecule has 1 aromatic rings. The SMILES string of the molecule is CC(C)OCCN(C)c1cc(F)c(C(=O)O)cc1[N+](=O)[O-]. The number of hydrogen-bond donors (Lipinski definition) is 1. The zero-order valence-electron chi connectivity index (χ0n) is 12.0. The normalized spacial score (nSPS) is 10.7. The molecule has 0 bridgehead atoms. The van der Waals surface area contributed by atoms with Gasteiger partial charge in [0, 0.05) is 25.7 Å². The van der Waals surface area contributed by atoms with Crippen molar-refractivity contribution in [2.75, 3.05) is 25.1 Å². The fourth-order valence-corrected chi connectivity index (χ4v) is 1.71. The number of nitro groups is 1. The van der Waals surface area contributed by atoms with E-state index in [9.17, 15) is 19.3 Å². The van der Waals surface area contributed by atoms with Crippen molar-refractivity contribution >= 4 is 17.3 Å². The second-order valence-electron chi connectivity index (χ2n) is 4.72. The third-order valence-corrected chi connectivity index (χ3v) is 2.78. The average Bonchev–Trinajstić information content (AvgIpc) is 2.36. The van der Waals surface area contributed by atoms with Crippen LogP contribution < -0.4 is 4.90 Å². The summed E-state index contributed by atoms with van der Waals surface area (Å²) in [7, 11) is 1.55. The molecule has 0 heterocycles. The number of likely N-dealkylation sites (N-methyl/N-ethyl adjacent to an activating group) is 1. The van der Waals surface area contributed by atoms with Gasteiger partial charge in [0.2, 0.25) is 0 Å². The number of aromatic carboxylic acids is 1. The molecule has 0 unspecified atom stereocenters. The first-order valence-electron chi connectivity index (χ1n) is 6.28. The number of nitro benzene ring substituents is 1. The van der Waals surface area contributed by atoms with E-state index in [0.29, 0.717) is 13.2 Å². The highest BCUT2D eigenvalue weighted by atomic mass is 19.1. The van der Waals surface area contributed by atoms with Gasteiger partial charge in [0.25, 0.3) is 5.69 Å². The third-order valence-electron chi connectivity index (χ3n) is 2.78. The van der Waals surface area contributed by atoms with Crippen LogP contribution in [0, 0.1) is 15.9 Å². The first-order valence-corrected chi connectivity index (χ1v) is 6.28. The molecule has 8 heteroatoms. The number of carboxylic acid groups (broad SMARTS) is 1. The Balaban J connectivity index is 3.07. The Morgan fingerprint density at radius 1 is 1.52 bits per heavy atom. The molecule has 0 saturated heterocycles. The predicted octanol–water partition coefficient (Wildman–Crippen LogP) is 2.29. The van der Waals surface area contributed by atoms with Crippen molar-refractivity contribution < 1.29 is 24.0 Å². The largest absolute Gasteiger partial charge is 0.478 e. The molecule has 0 radical (unpaired) electrons. The number of rotatable bonds is 7. The van der Waals surface area contributed by atoms with Crippen molar-refractivity contribution in [3.63, 3.8) is 0 Å². The molecule has 0 aromatic heterocycles. The molecular weight excluding hydrogens is 283 g/mol. The van der Waals surface area contributed by atoms with Crippen molar-refractivity contribution in [2.45, 2.75) is 20.0 Å². The minimum absolute atomic E-state index is 0.00913. The maximum absolute atomic E-state index is 13.7. The number of hydrogen-bond acceptors (Lipinski definition) is 5. The van der Waals surface area contributed by atoms with E-state index in [1.165, 1.54) is 4.90 Å². The Labute approximate surface area is 121 Å². The van der Waals surface area contributed by atoms with E-state index < -0.39 is 28.0 Å². The standard InChI is InChI=1S/C13H17FN2O5/c1-8(2)21-5-4-15(3)11-7-10(14)9(13(17)18)6-12(11)16(19)20/h6-8H,4-5H2,1-3H3,(H,17,18). The van der Waals surface area contributed by atoms with Gasteiger partial charge in [0.15, 0.2) is 0 Å². The van der Waals surface area contributed by atoms with Crippen molar-refractivity contribution in [1.82, 2.24) is 0 Å². The van der Waals surface area contributed by atoms with Crippen LogP contribution in [0.25, 0.3) is 0 Å². The van der Waals surface area contributed by atoms with E-state index in [-0.39, 0.29) is 11.8 Å². The lowest BCUT2D eigenvalue weighted by molar-refractivity contribution is -0.384. The van der Waals surface area contributed by atoms with Crippen molar-refractivity contribution in [3.8, 4) is 0 Å². The summed E-state index contributed by atoms with van der Waals surface area (Å²) in [5, 5.41) is 19.8. The smallest absolute Gasteiger partial charge is 0.338 e. The van der Waals surface area contributed by atoms with E-state index in [4.69, 9.17) is 9.84 Å². The summed E-state index contributed by atoms with van der Waals surface area (Å²) in [4.78, 5) is 22.6. The fraction of sp³-hybridized carbons (Fsp3) is 0.462. The van der Waals surface area contributed by atoms with Gasteiger partial charge >= 0.3 is 5.97 Å². The predicted molar refractivity (Wildman–Crippen MR) is 74.4 cm³/mol. The van der Waals surface area contributed by atoms with Gasteiger partial charge < -0.3 is 14.7 Å². The Bertz CT molecular complexity index is 548. The average molecular weight is 300 g/mol. The van der Waals surface area contributed by atoms with Crippen LogP contribution >= 0.6 is 0 Å². The highest BCUT2D eigenvalue weighted by Gasteiger charge is 2.23. The zero-order chi connectivity index (χ0) is 16.2. The van der Waals surface area contributed by atoms with Crippen molar-refractivity contribution in [2.24, 2.45) is 0 Å². The molecule has 0 spiro atoms. The van der Waals surface area contributed by atoms with E-state index >= 15 is 0 Å².